The number of amides is 4. The van der Waals surface area contributed by atoms with Crippen LogP contribution in [-0.2, 0) is 24.6 Å². The van der Waals surface area contributed by atoms with Gasteiger partial charge in [0, 0.05) is 11.5 Å². The number of aliphatic hydroxyl groups is 1. The lowest BCUT2D eigenvalue weighted by molar-refractivity contribution is -0.138. The summed E-state index contributed by atoms with van der Waals surface area (Å²) < 4.78 is 6.03. The van der Waals surface area contributed by atoms with Gasteiger partial charge in [-0.25, -0.2) is 0 Å². The molecule has 3 N–H and O–H groups in total. The van der Waals surface area contributed by atoms with Gasteiger partial charge in [-0.15, -0.1) is 0 Å². The molecule has 1 saturated carbocycles. The molecular weight excluding hydrogens is 558 g/mol. The summed E-state index contributed by atoms with van der Waals surface area (Å²) in [4.78, 5) is 55.7. The molecule has 2 saturated heterocycles. The van der Waals surface area contributed by atoms with Crippen LogP contribution < -0.4 is 15.5 Å². The van der Waals surface area contributed by atoms with Gasteiger partial charge in [0.2, 0.25) is 11.8 Å². The third kappa shape index (κ3) is 4.10. The third-order valence-corrected chi connectivity index (χ3v) is 9.81. The van der Waals surface area contributed by atoms with E-state index < -0.39 is 40.9 Å². The molecule has 6 atom stereocenters. The quantitative estimate of drug-likeness (QED) is 0.283. The fraction of sp³-hybridized carbons (Fsp3) is 0.314. The summed E-state index contributed by atoms with van der Waals surface area (Å²) in [7, 11) is 0. The average Bonchev–Trinajstić information content (AvgIpc) is 3.45. The smallest absolute Gasteiger partial charge is 0.260 e. The molecule has 0 aromatic heterocycles. The lowest BCUT2D eigenvalue weighted by Crippen LogP contribution is -2.53. The largest absolute Gasteiger partial charge is 0.491 e. The molecule has 6 unspecified atom stereocenters. The summed E-state index contributed by atoms with van der Waals surface area (Å²) in [5.74, 6) is -4.03. The van der Waals surface area contributed by atoms with Crippen molar-refractivity contribution in [1.82, 2.24) is 10.3 Å². The molecule has 4 aliphatic rings. The van der Waals surface area contributed by atoms with Crippen LogP contribution in [-0.4, -0.2) is 47.0 Å². The van der Waals surface area contributed by atoms with Gasteiger partial charge >= 0.3 is 0 Å². The van der Waals surface area contributed by atoms with Gasteiger partial charge in [0.15, 0.2) is 0 Å². The first-order chi connectivity index (χ1) is 21.4. The number of hydrogen-bond donors (Lipinski definition) is 3. The fourth-order valence-electron chi connectivity index (χ4n) is 8.01. The first kappa shape index (κ1) is 28.0. The number of allylic oxidation sites excluding steroid dienone is 2. The number of anilines is 1. The Morgan fingerprint density at radius 1 is 0.932 bits per heavy atom. The van der Waals surface area contributed by atoms with E-state index in [2.05, 4.69) is 10.7 Å². The number of carbonyl (C=O) groups is 4. The Bertz CT molecular complexity index is 1690. The second-order valence-corrected chi connectivity index (χ2v) is 12.1. The highest BCUT2D eigenvalue weighted by molar-refractivity contribution is 6.13. The van der Waals surface area contributed by atoms with Crippen LogP contribution in [0, 0.1) is 30.6 Å². The molecule has 0 radical (unpaired) electrons. The summed E-state index contributed by atoms with van der Waals surface area (Å²) >= 11 is 0. The van der Waals surface area contributed by atoms with Crippen molar-refractivity contribution >= 4 is 29.3 Å². The number of imide groups is 2. The molecule has 224 valence electrons. The van der Waals surface area contributed by atoms with E-state index in [1.807, 2.05) is 85.8 Å². The van der Waals surface area contributed by atoms with Crippen LogP contribution in [0.5, 0.6) is 5.75 Å². The molecule has 2 aliphatic carbocycles. The second kappa shape index (κ2) is 10.7. The molecule has 0 bridgehead atoms. The lowest BCUT2D eigenvalue weighted by Gasteiger charge is -2.50. The lowest BCUT2D eigenvalue weighted by atomic mass is 9.49. The number of para-hydroxylation sites is 1. The molecule has 9 heteroatoms. The molecule has 3 fully saturated rings. The van der Waals surface area contributed by atoms with Crippen LogP contribution in [0.1, 0.15) is 35.4 Å². The van der Waals surface area contributed by atoms with Crippen molar-refractivity contribution in [1.29, 1.82) is 0 Å². The Morgan fingerprint density at radius 2 is 1.66 bits per heavy atom. The Kier molecular flexibility index (Phi) is 6.85. The van der Waals surface area contributed by atoms with Crippen molar-refractivity contribution in [3.8, 4) is 5.75 Å². The summed E-state index contributed by atoms with van der Waals surface area (Å²) in [6, 6.07) is 24.2. The van der Waals surface area contributed by atoms with Crippen LogP contribution in [0.2, 0.25) is 0 Å². The molecule has 2 heterocycles. The van der Waals surface area contributed by atoms with Crippen molar-refractivity contribution in [3.63, 3.8) is 0 Å². The molecule has 7 rings (SSSR count). The van der Waals surface area contributed by atoms with E-state index in [0.717, 1.165) is 16.1 Å². The standard InChI is InChI=1S/C35H33N3O6/c1-20-11-13-22(14-12-20)37-38-33(42)27-19-26-23(15-16-25-29(26)32(41)36-31(25)40)30(24-9-5-6-10-28(24)44-18-17-39)35(27,34(38)43)21-7-3-2-4-8-21/h2-15,25-27,29-30,37,39H,16-19H2,1H3,(H,36,40,41). The van der Waals surface area contributed by atoms with Crippen molar-refractivity contribution in [2.45, 2.75) is 31.1 Å². The van der Waals surface area contributed by atoms with Crippen molar-refractivity contribution in [3.05, 3.63) is 107 Å². The highest BCUT2D eigenvalue weighted by Gasteiger charge is 2.70. The minimum absolute atomic E-state index is 0.0452. The molecule has 3 aromatic rings. The molecule has 4 amide bonds. The van der Waals surface area contributed by atoms with Crippen LogP contribution in [0.4, 0.5) is 5.69 Å². The monoisotopic (exact) mass is 591 g/mol. The number of hydrazine groups is 1. The summed E-state index contributed by atoms with van der Waals surface area (Å²) in [5.41, 5.74) is 5.60. The maximum Gasteiger partial charge on any atom is 0.260 e. The van der Waals surface area contributed by atoms with Crippen LogP contribution >= 0.6 is 0 Å². The Hall–Kier alpha value is -4.76. The number of aryl methyl sites for hydroxylation is 1. The van der Waals surface area contributed by atoms with Gasteiger partial charge in [0.1, 0.15) is 12.4 Å². The van der Waals surface area contributed by atoms with Gasteiger partial charge in [-0.05, 0) is 49.4 Å². The maximum absolute atomic E-state index is 15.1. The average molecular weight is 592 g/mol. The number of rotatable bonds is 7. The number of hydrogen-bond acceptors (Lipinski definition) is 7. The van der Waals surface area contributed by atoms with Gasteiger partial charge < -0.3 is 9.84 Å². The Labute approximate surface area is 254 Å². The van der Waals surface area contributed by atoms with Crippen LogP contribution in [0.15, 0.2) is 90.5 Å². The van der Waals surface area contributed by atoms with Gasteiger partial charge in [-0.2, -0.15) is 5.01 Å². The summed E-state index contributed by atoms with van der Waals surface area (Å²) in [6.45, 7) is 1.81. The van der Waals surface area contributed by atoms with E-state index in [4.69, 9.17) is 4.74 Å². The second-order valence-electron chi connectivity index (χ2n) is 12.1. The van der Waals surface area contributed by atoms with Gasteiger partial charge in [-0.1, -0.05) is 77.9 Å². The van der Waals surface area contributed by atoms with E-state index in [9.17, 15) is 19.5 Å². The van der Waals surface area contributed by atoms with Gasteiger partial charge in [0.25, 0.3) is 11.8 Å². The molecule has 2 aliphatic heterocycles. The SMILES string of the molecule is Cc1ccc(NN2C(=O)C3CC4C(=CCC5C(=O)NC(=O)C54)C(c4ccccc4OCCO)C3(c3ccccc3)C2=O)cc1. The predicted molar refractivity (Wildman–Crippen MR) is 161 cm³/mol. The molecule has 0 spiro atoms. The van der Waals surface area contributed by atoms with E-state index in [-0.39, 0.29) is 37.4 Å². The zero-order valence-electron chi connectivity index (χ0n) is 24.2. The number of aliphatic hydroxyl groups excluding tert-OH is 1. The predicted octanol–water partition coefficient (Wildman–Crippen LogP) is 3.64. The summed E-state index contributed by atoms with van der Waals surface area (Å²) in [5, 5.41) is 13.2. The van der Waals surface area contributed by atoms with Crippen molar-refractivity contribution < 1.29 is 29.0 Å². The van der Waals surface area contributed by atoms with E-state index in [1.165, 1.54) is 0 Å². The summed E-state index contributed by atoms with van der Waals surface area (Å²) in [6.07, 6.45) is 2.59. The van der Waals surface area contributed by atoms with Crippen molar-refractivity contribution in [2.24, 2.45) is 23.7 Å². The minimum Gasteiger partial charge on any atom is -0.491 e. The minimum atomic E-state index is -1.37. The normalized spacial score (nSPS) is 29.0. The number of carbonyl (C=O) groups excluding carboxylic acids is 4. The zero-order valence-corrected chi connectivity index (χ0v) is 24.2. The van der Waals surface area contributed by atoms with Crippen LogP contribution in [0.25, 0.3) is 0 Å². The number of nitrogens with zero attached hydrogens (tertiary/aromatic N) is 1. The number of nitrogens with one attached hydrogen (secondary N) is 2. The van der Waals surface area contributed by atoms with E-state index in [1.54, 1.807) is 6.07 Å². The van der Waals surface area contributed by atoms with Crippen LogP contribution in [0.3, 0.4) is 0 Å². The number of ether oxygens (including phenoxy) is 1. The van der Waals surface area contributed by atoms with E-state index in [0.29, 0.717) is 29.0 Å². The van der Waals surface area contributed by atoms with E-state index >= 15 is 4.79 Å². The molecule has 44 heavy (non-hydrogen) atoms. The first-order valence-electron chi connectivity index (χ1n) is 15.0. The Balaban J connectivity index is 1.47. The Morgan fingerprint density at radius 3 is 2.41 bits per heavy atom. The zero-order chi connectivity index (χ0) is 30.6. The molecule has 9 nitrogen and oxygen atoms in total. The van der Waals surface area contributed by atoms with Crippen molar-refractivity contribution in [2.75, 3.05) is 18.6 Å². The third-order valence-electron chi connectivity index (χ3n) is 9.81. The fourth-order valence-corrected chi connectivity index (χ4v) is 8.01. The van der Waals surface area contributed by atoms with Gasteiger partial charge in [-0.3, -0.25) is 29.9 Å². The molecular formula is C35H33N3O6. The topological polar surface area (TPSA) is 125 Å². The highest BCUT2D eigenvalue weighted by atomic mass is 16.5. The van der Waals surface area contributed by atoms with Gasteiger partial charge in [0.05, 0.1) is 35.5 Å². The molecule has 3 aromatic carbocycles. The number of fused-ring (bicyclic) bond motifs is 4. The maximum atomic E-state index is 15.1. The first-order valence-corrected chi connectivity index (χ1v) is 15.0. The number of benzene rings is 3. The highest BCUT2D eigenvalue weighted by Crippen LogP contribution is 2.64.